The fourth-order valence-electron chi connectivity index (χ4n) is 2.52. The van der Waals surface area contributed by atoms with Crippen LogP contribution >= 0.6 is 0 Å². The summed E-state index contributed by atoms with van der Waals surface area (Å²) in [5.74, 6) is -2.90. The second-order valence-electron chi connectivity index (χ2n) is 4.82. The van der Waals surface area contributed by atoms with E-state index < -0.39 is 29.5 Å². The first-order valence-corrected chi connectivity index (χ1v) is 6.40. The quantitative estimate of drug-likeness (QED) is 0.887. The van der Waals surface area contributed by atoms with Gasteiger partial charge in [-0.1, -0.05) is 6.42 Å². The van der Waals surface area contributed by atoms with Gasteiger partial charge < -0.3 is 15.2 Å². The van der Waals surface area contributed by atoms with Gasteiger partial charge in [0.1, 0.15) is 11.6 Å². The molecule has 1 aromatic rings. The Morgan fingerprint density at radius 2 is 2.05 bits per heavy atom. The van der Waals surface area contributed by atoms with E-state index in [-0.39, 0.29) is 5.69 Å². The molecule has 1 fully saturated rings. The minimum Gasteiger partial charge on any atom is -0.497 e. The van der Waals surface area contributed by atoms with Gasteiger partial charge in [0.05, 0.1) is 24.6 Å². The van der Waals surface area contributed by atoms with Crippen LogP contribution in [0.15, 0.2) is 18.2 Å². The van der Waals surface area contributed by atoms with Crippen LogP contribution in [-0.2, 0) is 9.59 Å². The molecule has 0 aromatic heterocycles. The average molecular weight is 281 g/mol. The Kier molecular flexibility index (Phi) is 4.22. The van der Waals surface area contributed by atoms with Crippen LogP contribution in [-0.4, -0.2) is 24.1 Å². The van der Waals surface area contributed by atoms with Crippen molar-refractivity contribution < 1.29 is 23.8 Å². The lowest BCUT2D eigenvalue weighted by molar-refractivity contribution is -0.145. The summed E-state index contributed by atoms with van der Waals surface area (Å²) in [6.45, 7) is 0. The van der Waals surface area contributed by atoms with Crippen molar-refractivity contribution in [2.24, 2.45) is 11.8 Å². The molecule has 0 bridgehead atoms. The standard InChI is InChI=1S/C14H16FNO4/c1-20-8-5-6-11(15)12(7-8)16-13(17)9-3-2-4-10(9)14(18)19/h5-7,9-10H,2-4H2,1H3,(H,16,17)(H,18,19)/t9-,10+/m1/s1. The smallest absolute Gasteiger partial charge is 0.307 e. The largest absolute Gasteiger partial charge is 0.497 e. The zero-order valence-corrected chi connectivity index (χ0v) is 11.1. The molecule has 0 saturated heterocycles. The Morgan fingerprint density at radius 3 is 2.70 bits per heavy atom. The van der Waals surface area contributed by atoms with Gasteiger partial charge in [-0.05, 0) is 25.0 Å². The summed E-state index contributed by atoms with van der Waals surface area (Å²) in [6, 6.07) is 4.01. The predicted octanol–water partition coefficient (Wildman–Crippen LogP) is 2.27. The van der Waals surface area contributed by atoms with Crippen molar-refractivity contribution in [3.8, 4) is 5.75 Å². The van der Waals surface area contributed by atoms with Gasteiger partial charge in [0.25, 0.3) is 0 Å². The molecule has 0 spiro atoms. The number of carboxylic acid groups (broad SMARTS) is 1. The van der Waals surface area contributed by atoms with Crippen molar-refractivity contribution in [2.45, 2.75) is 19.3 Å². The van der Waals surface area contributed by atoms with Gasteiger partial charge in [0.2, 0.25) is 5.91 Å². The molecule has 20 heavy (non-hydrogen) atoms. The van der Waals surface area contributed by atoms with E-state index in [1.807, 2.05) is 0 Å². The third-order valence-corrected chi connectivity index (χ3v) is 3.60. The number of carbonyl (C=O) groups is 2. The Bertz CT molecular complexity index is 532. The molecule has 2 rings (SSSR count). The molecule has 1 aliphatic rings. The molecule has 1 aliphatic carbocycles. The van der Waals surface area contributed by atoms with Gasteiger partial charge in [0.15, 0.2) is 0 Å². The number of methoxy groups -OCH3 is 1. The van der Waals surface area contributed by atoms with E-state index in [2.05, 4.69) is 5.32 Å². The van der Waals surface area contributed by atoms with Crippen LogP contribution in [0, 0.1) is 17.7 Å². The van der Waals surface area contributed by atoms with Gasteiger partial charge in [-0.15, -0.1) is 0 Å². The van der Waals surface area contributed by atoms with Crippen LogP contribution < -0.4 is 10.1 Å². The van der Waals surface area contributed by atoms with Crippen molar-refractivity contribution in [1.82, 2.24) is 0 Å². The monoisotopic (exact) mass is 281 g/mol. The van der Waals surface area contributed by atoms with Gasteiger partial charge in [-0.25, -0.2) is 4.39 Å². The van der Waals surface area contributed by atoms with E-state index >= 15 is 0 Å². The molecule has 0 radical (unpaired) electrons. The van der Waals surface area contributed by atoms with Crippen LogP contribution in [0.1, 0.15) is 19.3 Å². The van der Waals surface area contributed by atoms with Crippen LogP contribution in [0.3, 0.4) is 0 Å². The van der Waals surface area contributed by atoms with Crippen LogP contribution in [0.25, 0.3) is 0 Å². The zero-order valence-electron chi connectivity index (χ0n) is 11.1. The fourth-order valence-corrected chi connectivity index (χ4v) is 2.52. The van der Waals surface area contributed by atoms with Crippen LogP contribution in [0.2, 0.25) is 0 Å². The Hall–Kier alpha value is -2.11. The number of carbonyl (C=O) groups excluding carboxylic acids is 1. The minimum absolute atomic E-state index is 0.00499. The molecule has 0 aliphatic heterocycles. The molecule has 2 N–H and O–H groups in total. The van der Waals surface area contributed by atoms with E-state index in [4.69, 9.17) is 9.84 Å². The van der Waals surface area contributed by atoms with Crippen molar-refractivity contribution in [2.75, 3.05) is 12.4 Å². The number of ether oxygens (including phenoxy) is 1. The molecule has 108 valence electrons. The molecule has 1 aromatic carbocycles. The second-order valence-corrected chi connectivity index (χ2v) is 4.82. The molecular weight excluding hydrogens is 265 g/mol. The van der Waals surface area contributed by atoms with Crippen molar-refractivity contribution in [3.05, 3.63) is 24.0 Å². The number of carboxylic acids is 1. The second kappa shape index (κ2) is 5.90. The molecule has 6 heteroatoms. The lowest BCUT2D eigenvalue weighted by Gasteiger charge is -2.16. The first-order valence-electron chi connectivity index (χ1n) is 6.40. The number of halogens is 1. The third kappa shape index (κ3) is 2.89. The average Bonchev–Trinajstić information content (AvgIpc) is 2.90. The molecule has 1 amide bonds. The van der Waals surface area contributed by atoms with Crippen molar-refractivity contribution in [1.29, 1.82) is 0 Å². The van der Waals surface area contributed by atoms with Gasteiger partial charge >= 0.3 is 5.97 Å². The van der Waals surface area contributed by atoms with E-state index in [0.717, 1.165) is 0 Å². The van der Waals surface area contributed by atoms with Crippen LogP contribution in [0.4, 0.5) is 10.1 Å². The summed E-state index contributed by atoms with van der Waals surface area (Å²) in [4.78, 5) is 23.2. The summed E-state index contributed by atoms with van der Waals surface area (Å²) in [7, 11) is 1.44. The maximum atomic E-state index is 13.6. The normalized spacial score (nSPS) is 21.5. The third-order valence-electron chi connectivity index (χ3n) is 3.60. The number of rotatable bonds is 4. The highest BCUT2D eigenvalue weighted by molar-refractivity contribution is 5.95. The maximum absolute atomic E-state index is 13.6. The summed E-state index contributed by atoms with van der Waals surface area (Å²) in [5, 5.41) is 11.5. The summed E-state index contributed by atoms with van der Waals surface area (Å²) in [5.41, 5.74) is 0.00499. The Labute approximate surface area is 115 Å². The number of hydrogen-bond acceptors (Lipinski definition) is 3. The van der Waals surface area contributed by atoms with E-state index in [9.17, 15) is 14.0 Å². The summed E-state index contributed by atoms with van der Waals surface area (Å²) < 4.78 is 18.6. The molecule has 5 nitrogen and oxygen atoms in total. The van der Waals surface area contributed by atoms with Crippen LogP contribution in [0.5, 0.6) is 5.75 Å². The highest BCUT2D eigenvalue weighted by Gasteiger charge is 2.37. The zero-order chi connectivity index (χ0) is 14.7. The lowest BCUT2D eigenvalue weighted by atomic mass is 9.95. The number of benzene rings is 1. The molecule has 2 atom stereocenters. The fraction of sp³-hybridized carbons (Fsp3) is 0.429. The Morgan fingerprint density at radius 1 is 1.35 bits per heavy atom. The highest BCUT2D eigenvalue weighted by Crippen LogP contribution is 2.33. The lowest BCUT2D eigenvalue weighted by Crippen LogP contribution is -2.30. The molecule has 0 heterocycles. The number of anilines is 1. The van der Waals surface area contributed by atoms with Gasteiger partial charge in [-0.2, -0.15) is 0 Å². The number of hydrogen-bond donors (Lipinski definition) is 2. The first kappa shape index (κ1) is 14.3. The number of nitrogens with one attached hydrogen (secondary N) is 1. The van der Waals surface area contributed by atoms with Gasteiger partial charge in [0, 0.05) is 6.07 Å². The molecule has 1 saturated carbocycles. The van der Waals surface area contributed by atoms with Crippen molar-refractivity contribution >= 4 is 17.6 Å². The summed E-state index contributed by atoms with van der Waals surface area (Å²) >= 11 is 0. The van der Waals surface area contributed by atoms with Crippen molar-refractivity contribution in [3.63, 3.8) is 0 Å². The number of amides is 1. The SMILES string of the molecule is COc1ccc(F)c(NC(=O)[C@@H]2CCC[C@@H]2C(=O)O)c1. The van der Waals surface area contributed by atoms with E-state index in [1.54, 1.807) is 0 Å². The predicted molar refractivity (Wildman–Crippen MR) is 70.0 cm³/mol. The summed E-state index contributed by atoms with van der Waals surface area (Å²) in [6.07, 6.45) is 1.68. The highest BCUT2D eigenvalue weighted by atomic mass is 19.1. The van der Waals surface area contributed by atoms with E-state index in [1.165, 1.54) is 25.3 Å². The first-order chi connectivity index (χ1) is 9.52. The Balaban J connectivity index is 2.13. The van der Waals surface area contributed by atoms with Gasteiger partial charge in [-0.3, -0.25) is 9.59 Å². The number of aliphatic carboxylic acids is 1. The molecular formula is C14H16FNO4. The molecule has 0 unspecified atom stereocenters. The maximum Gasteiger partial charge on any atom is 0.307 e. The van der Waals surface area contributed by atoms with E-state index in [0.29, 0.717) is 25.0 Å². The minimum atomic E-state index is -0.978. The topological polar surface area (TPSA) is 75.6 Å².